The first-order valence-corrected chi connectivity index (χ1v) is 8.41. The number of nitrogens with zero attached hydrogens (tertiary/aromatic N) is 3. The van der Waals surface area contributed by atoms with E-state index < -0.39 is 0 Å². The number of benzene rings is 1. The van der Waals surface area contributed by atoms with Crippen LogP contribution >= 0.6 is 11.3 Å². The molecule has 0 radical (unpaired) electrons. The van der Waals surface area contributed by atoms with Gasteiger partial charge in [-0.2, -0.15) is 0 Å². The highest BCUT2D eigenvalue weighted by Crippen LogP contribution is 2.38. The number of hydrogen-bond donors (Lipinski definition) is 1. The molecule has 4 nitrogen and oxygen atoms in total. The minimum atomic E-state index is -0.266. The van der Waals surface area contributed by atoms with E-state index in [0.29, 0.717) is 6.54 Å². The lowest BCUT2D eigenvalue weighted by Crippen LogP contribution is -2.38. The molecule has 1 aliphatic heterocycles. The summed E-state index contributed by atoms with van der Waals surface area (Å²) in [6.07, 6.45) is 3.24. The van der Waals surface area contributed by atoms with Crippen LogP contribution in [0.25, 0.3) is 21.3 Å². The predicted molar refractivity (Wildman–Crippen MR) is 90.3 cm³/mol. The van der Waals surface area contributed by atoms with E-state index in [0.717, 1.165) is 35.4 Å². The van der Waals surface area contributed by atoms with Crippen LogP contribution in [0.15, 0.2) is 42.0 Å². The van der Waals surface area contributed by atoms with Crippen LogP contribution in [0.1, 0.15) is 12.8 Å². The zero-order valence-electron chi connectivity index (χ0n) is 12.1. The standard InChI is InChI=1S/C17H17N3OS/c21-13-7-4-8-20(9-13)16-15-14(12-5-2-1-3-6-12)10-22-17(15)19-11-18-16/h1-3,5-6,10-11,13,21H,4,7-9H2/t13-/m0/s1. The molecule has 1 aromatic carbocycles. The van der Waals surface area contributed by atoms with Crippen molar-refractivity contribution in [3.63, 3.8) is 0 Å². The van der Waals surface area contributed by atoms with Crippen LogP contribution in [0.2, 0.25) is 0 Å². The molecule has 3 heterocycles. The summed E-state index contributed by atoms with van der Waals surface area (Å²) < 4.78 is 0. The summed E-state index contributed by atoms with van der Waals surface area (Å²) in [5, 5.41) is 13.2. The van der Waals surface area contributed by atoms with E-state index in [1.54, 1.807) is 17.7 Å². The Balaban J connectivity index is 1.86. The van der Waals surface area contributed by atoms with Gasteiger partial charge >= 0.3 is 0 Å². The smallest absolute Gasteiger partial charge is 0.141 e. The van der Waals surface area contributed by atoms with Crippen LogP contribution in [-0.4, -0.2) is 34.3 Å². The van der Waals surface area contributed by atoms with E-state index in [1.807, 2.05) is 18.2 Å². The fourth-order valence-electron chi connectivity index (χ4n) is 3.08. The van der Waals surface area contributed by atoms with Crippen LogP contribution in [0, 0.1) is 0 Å². The number of hydrogen-bond acceptors (Lipinski definition) is 5. The molecule has 0 bridgehead atoms. The monoisotopic (exact) mass is 311 g/mol. The third-order valence-corrected chi connectivity index (χ3v) is 5.02. The summed E-state index contributed by atoms with van der Waals surface area (Å²) in [4.78, 5) is 12.1. The van der Waals surface area contributed by atoms with Crippen molar-refractivity contribution in [2.75, 3.05) is 18.0 Å². The van der Waals surface area contributed by atoms with E-state index in [2.05, 4.69) is 32.4 Å². The number of aliphatic hydroxyl groups is 1. The van der Waals surface area contributed by atoms with Crippen molar-refractivity contribution in [2.45, 2.75) is 18.9 Å². The Morgan fingerprint density at radius 1 is 1.18 bits per heavy atom. The molecular weight excluding hydrogens is 294 g/mol. The highest BCUT2D eigenvalue weighted by Gasteiger charge is 2.22. The number of anilines is 1. The van der Waals surface area contributed by atoms with Crippen LogP contribution in [0.3, 0.4) is 0 Å². The molecule has 1 aliphatic rings. The van der Waals surface area contributed by atoms with Gasteiger partial charge < -0.3 is 10.0 Å². The van der Waals surface area contributed by atoms with Crippen LogP contribution in [-0.2, 0) is 0 Å². The molecule has 5 heteroatoms. The molecule has 0 spiro atoms. The van der Waals surface area contributed by atoms with Crippen molar-refractivity contribution >= 4 is 27.4 Å². The first-order valence-electron chi connectivity index (χ1n) is 7.53. The predicted octanol–water partition coefficient (Wildman–Crippen LogP) is 3.32. The topological polar surface area (TPSA) is 49.2 Å². The molecule has 112 valence electrons. The summed E-state index contributed by atoms with van der Waals surface area (Å²) in [6.45, 7) is 1.59. The Morgan fingerprint density at radius 2 is 2.05 bits per heavy atom. The van der Waals surface area contributed by atoms with E-state index in [1.165, 1.54) is 11.1 Å². The summed E-state index contributed by atoms with van der Waals surface area (Å²) in [7, 11) is 0. The van der Waals surface area contributed by atoms with E-state index in [9.17, 15) is 5.11 Å². The number of fused-ring (bicyclic) bond motifs is 1. The number of β-amino-alcohol motifs (C(OH)–C–C–N with tert-alkyl or cyclic N) is 1. The summed E-state index contributed by atoms with van der Waals surface area (Å²) in [5.41, 5.74) is 2.36. The number of thiophene rings is 1. The van der Waals surface area contributed by atoms with Crippen molar-refractivity contribution < 1.29 is 5.11 Å². The Kier molecular flexibility index (Phi) is 3.52. The van der Waals surface area contributed by atoms with Crippen molar-refractivity contribution in [3.8, 4) is 11.1 Å². The number of aliphatic hydroxyl groups excluding tert-OH is 1. The van der Waals surface area contributed by atoms with Crippen molar-refractivity contribution in [2.24, 2.45) is 0 Å². The van der Waals surface area contributed by atoms with Gasteiger partial charge in [0, 0.05) is 24.0 Å². The van der Waals surface area contributed by atoms with Gasteiger partial charge in [0.05, 0.1) is 11.5 Å². The second-order valence-corrected chi connectivity index (χ2v) is 6.49. The lowest BCUT2D eigenvalue weighted by Gasteiger charge is -2.31. The van der Waals surface area contributed by atoms with Gasteiger partial charge in [-0.15, -0.1) is 11.3 Å². The molecule has 4 rings (SSSR count). The number of aromatic nitrogens is 2. The minimum Gasteiger partial charge on any atom is -0.391 e. The summed E-state index contributed by atoms with van der Waals surface area (Å²) in [6, 6.07) is 10.4. The number of piperidine rings is 1. The molecule has 0 amide bonds. The maximum atomic E-state index is 9.97. The van der Waals surface area contributed by atoms with Crippen LogP contribution in [0.4, 0.5) is 5.82 Å². The lowest BCUT2D eigenvalue weighted by atomic mass is 10.0. The quantitative estimate of drug-likeness (QED) is 0.789. The molecule has 1 fully saturated rings. The maximum absolute atomic E-state index is 9.97. The molecule has 3 aromatic rings. The van der Waals surface area contributed by atoms with Gasteiger partial charge in [-0.05, 0) is 18.4 Å². The molecule has 0 unspecified atom stereocenters. The van der Waals surface area contributed by atoms with Gasteiger partial charge in [-0.1, -0.05) is 30.3 Å². The largest absolute Gasteiger partial charge is 0.391 e. The van der Waals surface area contributed by atoms with E-state index >= 15 is 0 Å². The van der Waals surface area contributed by atoms with Gasteiger partial charge in [0.25, 0.3) is 0 Å². The van der Waals surface area contributed by atoms with Gasteiger partial charge in [0.15, 0.2) is 0 Å². The van der Waals surface area contributed by atoms with Crippen LogP contribution in [0.5, 0.6) is 0 Å². The Morgan fingerprint density at radius 3 is 2.86 bits per heavy atom. The summed E-state index contributed by atoms with van der Waals surface area (Å²) >= 11 is 1.65. The first-order chi connectivity index (χ1) is 10.8. The molecule has 1 N–H and O–H groups in total. The fraction of sp³-hybridized carbons (Fsp3) is 0.294. The second kappa shape index (κ2) is 5.66. The summed E-state index contributed by atoms with van der Waals surface area (Å²) in [5.74, 6) is 0.948. The first kappa shape index (κ1) is 13.7. The van der Waals surface area contributed by atoms with Gasteiger partial charge in [0.1, 0.15) is 17.0 Å². The molecule has 0 aliphatic carbocycles. The van der Waals surface area contributed by atoms with E-state index in [4.69, 9.17) is 0 Å². The van der Waals surface area contributed by atoms with Crippen LogP contribution < -0.4 is 4.90 Å². The maximum Gasteiger partial charge on any atom is 0.141 e. The van der Waals surface area contributed by atoms with Gasteiger partial charge in [0.2, 0.25) is 0 Å². The Labute approximate surface area is 133 Å². The van der Waals surface area contributed by atoms with E-state index in [-0.39, 0.29) is 6.10 Å². The number of rotatable bonds is 2. The highest BCUT2D eigenvalue weighted by atomic mass is 32.1. The lowest BCUT2D eigenvalue weighted by molar-refractivity contribution is 0.154. The fourth-order valence-corrected chi connectivity index (χ4v) is 3.99. The van der Waals surface area contributed by atoms with Crippen molar-refractivity contribution in [1.29, 1.82) is 0 Å². The molecule has 2 aromatic heterocycles. The normalized spacial score (nSPS) is 18.8. The molecule has 1 atom stereocenters. The zero-order chi connectivity index (χ0) is 14.9. The third-order valence-electron chi connectivity index (χ3n) is 4.13. The molecular formula is C17H17N3OS. The molecule has 1 saturated heterocycles. The Bertz CT molecular complexity index is 787. The second-order valence-electron chi connectivity index (χ2n) is 5.63. The molecule has 22 heavy (non-hydrogen) atoms. The third kappa shape index (κ3) is 2.36. The SMILES string of the molecule is O[C@H]1CCCN(c2ncnc3scc(-c4ccccc4)c23)C1. The zero-order valence-corrected chi connectivity index (χ0v) is 13.0. The Hall–Kier alpha value is -1.98. The average molecular weight is 311 g/mol. The van der Waals surface area contributed by atoms with Crippen molar-refractivity contribution in [3.05, 3.63) is 42.0 Å². The minimum absolute atomic E-state index is 0.266. The molecule has 0 saturated carbocycles. The average Bonchev–Trinajstić information content (AvgIpc) is 3.00. The van der Waals surface area contributed by atoms with Crippen molar-refractivity contribution in [1.82, 2.24) is 9.97 Å². The van der Waals surface area contributed by atoms with Gasteiger partial charge in [-0.3, -0.25) is 0 Å². The highest BCUT2D eigenvalue weighted by molar-refractivity contribution is 7.17. The van der Waals surface area contributed by atoms with Gasteiger partial charge in [-0.25, -0.2) is 9.97 Å².